The van der Waals surface area contributed by atoms with E-state index >= 15 is 0 Å². The summed E-state index contributed by atoms with van der Waals surface area (Å²) in [7, 11) is 0. The first-order valence-electron chi connectivity index (χ1n) is 7.95. The quantitative estimate of drug-likeness (QED) is 0.880. The minimum absolute atomic E-state index is 0.0440. The van der Waals surface area contributed by atoms with Crippen molar-refractivity contribution in [1.29, 1.82) is 0 Å². The average molecular weight is 274 g/mol. The Bertz CT molecular complexity index is 500. The van der Waals surface area contributed by atoms with Gasteiger partial charge < -0.3 is 9.84 Å². The number of hydrogen-bond donors (Lipinski definition) is 1. The lowest BCUT2D eigenvalue weighted by molar-refractivity contribution is -0.172. The highest BCUT2D eigenvalue weighted by Crippen LogP contribution is 2.53. The SMILES string of the molecule is Cc1cc(C)c(C)c(OC2CC(O)C23CCCCC3)c1. The summed E-state index contributed by atoms with van der Waals surface area (Å²) in [6.45, 7) is 6.39. The molecule has 2 nitrogen and oxygen atoms in total. The van der Waals surface area contributed by atoms with Crippen LogP contribution in [0, 0.1) is 26.2 Å². The first kappa shape index (κ1) is 13.9. The standard InChI is InChI=1S/C18H26O2/c1-12-9-13(2)14(3)15(10-12)20-17-11-16(19)18(17)7-5-4-6-8-18/h9-10,16-17,19H,4-8,11H2,1-3H3. The summed E-state index contributed by atoms with van der Waals surface area (Å²) >= 11 is 0. The molecule has 2 heteroatoms. The van der Waals surface area contributed by atoms with Gasteiger partial charge in [0.2, 0.25) is 0 Å². The van der Waals surface area contributed by atoms with Crippen molar-refractivity contribution < 1.29 is 9.84 Å². The first-order chi connectivity index (χ1) is 9.53. The molecule has 1 aromatic carbocycles. The average Bonchev–Trinajstić information content (AvgIpc) is 2.44. The molecule has 2 unspecified atom stereocenters. The van der Waals surface area contributed by atoms with E-state index in [1.54, 1.807) is 0 Å². The van der Waals surface area contributed by atoms with Crippen LogP contribution < -0.4 is 4.74 Å². The molecule has 3 rings (SSSR count). The zero-order valence-electron chi connectivity index (χ0n) is 12.9. The van der Waals surface area contributed by atoms with E-state index in [2.05, 4.69) is 32.9 Å². The van der Waals surface area contributed by atoms with Crippen molar-refractivity contribution in [2.75, 3.05) is 0 Å². The predicted octanol–water partition coefficient (Wildman–Crippen LogP) is 4.07. The van der Waals surface area contributed by atoms with E-state index < -0.39 is 0 Å². The Morgan fingerprint density at radius 2 is 1.80 bits per heavy atom. The van der Waals surface area contributed by atoms with E-state index in [0.717, 1.165) is 25.0 Å². The number of aliphatic hydroxyl groups excluding tert-OH is 1. The number of hydrogen-bond acceptors (Lipinski definition) is 2. The number of aliphatic hydroxyl groups is 1. The molecular weight excluding hydrogens is 248 g/mol. The molecule has 0 amide bonds. The summed E-state index contributed by atoms with van der Waals surface area (Å²) in [6, 6.07) is 4.34. The van der Waals surface area contributed by atoms with Crippen LogP contribution in [0.25, 0.3) is 0 Å². The number of rotatable bonds is 2. The molecule has 2 aliphatic carbocycles. The van der Waals surface area contributed by atoms with E-state index in [4.69, 9.17) is 4.74 Å². The second kappa shape index (κ2) is 5.07. The van der Waals surface area contributed by atoms with Crippen molar-refractivity contribution in [2.45, 2.75) is 71.5 Å². The van der Waals surface area contributed by atoms with E-state index in [1.165, 1.54) is 36.0 Å². The Hall–Kier alpha value is -1.02. The number of benzene rings is 1. The van der Waals surface area contributed by atoms with Crippen LogP contribution in [0.1, 0.15) is 55.2 Å². The Morgan fingerprint density at radius 1 is 1.10 bits per heavy atom. The molecule has 2 atom stereocenters. The van der Waals surface area contributed by atoms with Crippen LogP contribution in [0.3, 0.4) is 0 Å². The van der Waals surface area contributed by atoms with Gasteiger partial charge in [-0.3, -0.25) is 0 Å². The number of ether oxygens (including phenoxy) is 1. The third kappa shape index (κ3) is 2.14. The van der Waals surface area contributed by atoms with Crippen LogP contribution in [0.5, 0.6) is 5.75 Å². The van der Waals surface area contributed by atoms with Gasteiger partial charge in [0.15, 0.2) is 0 Å². The second-order valence-electron chi connectivity index (χ2n) is 6.86. The normalized spacial score (nSPS) is 28.2. The number of aryl methyl sites for hydroxylation is 2. The van der Waals surface area contributed by atoms with Crippen molar-refractivity contribution in [3.63, 3.8) is 0 Å². The highest BCUT2D eigenvalue weighted by Gasteiger charge is 2.56. The third-order valence-electron chi connectivity index (χ3n) is 5.56. The monoisotopic (exact) mass is 274 g/mol. The fourth-order valence-electron chi connectivity index (χ4n) is 4.03. The van der Waals surface area contributed by atoms with Gasteiger partial charge in [-0.25, -0.2) is 0 Å². The minimum Gasteiger partial charge on any atom is -0.489 e. The van der Waals surface area contributed by atoms with Gasteiger partial charge in [0.25, 0.3) is 0 Å². The van der Waals surface area contributed by atoms with Crippen LogP contribution in [0.4, 0.5) is 0 Å². The van der Waals surface area contributed by atoms with Gasteiger partial charge >= 0.3 is 0 Å². The van der Waals surface area contributed by atoms with E-state index in [-0.39, 0.29) is 17.6 Å². The molecule has 2 saturated carbocycles. The summed E-state index contributed by atoms with van der Waals surface area (Å²) in [5, 5.41) is 10.3. The van der Waals surface area contributed by atoms with Gasteiger partial charge in [-0.2, -0.15) is 0 Å². The van der Waals surface area contributed by atoms with Gasteiger partial charge in [-0.1, -0.05) is 25.3 Å². The molecule has 1 aromatic rings. The first-order valence-corrected chi connectivity index (χ1v) is 7.95. The summed E-state index contributed by atoms with van der Waals surface area (Å²) < 4.78 is 6.35. The van der Waals surface area contributed by atoms with Crippen molar-refractivity contribution >= 4 is 0 Å². The maximum Gasteiger partial charge on any atom is 0.123 e. The van der Waals surface area contributed by atoms with Gasteiger partial charge in [-0.15, -0.1) is 0 Å². The van der Waals surface area contributed by atoms with Crippen molar-refractivity contribution in [1.82, 2.24) is 0 Å². The largest absolute Gasteiger partial charge is 0.489 e. The fourth-order valence-corrected chi connectivity index (χ4v) is 4.03. The van der Waals surface area contributed by atoms with Gasteiger partial charge in [-0.05, 0) is 56.4 Å². The zero-order chi connectivity index (χ0) is 14.3. The van der Waals surface area contributed by atoms with E-state index in [0.29, 0.717) is 0 Å². The Kier molecular flexibility index (Phi) is 3.53. The second-order valence-corrected chi connectivity index (χ2v) is 6.86. The Labute approximate surface area is 122 Å². The van der Waals surface area contributed by atoms with Crippen molar-refractivity contribution in [3.8, 4) is 5.75 Å². The Balaban J connectivity index is 1.81. The van der Waals surface area contributed by atoms with Gasteiger partial charge in [0.05, 0.1) is 6.10 Å². The maximum absolute atomic E-state index is 10.3. The lowest BCUT2D eigenvalue weighted by Crippen LogP contribution is -2.60. The van der Waals surface area contributed by atoms with E-state index in [9.17, 15) is 5.11 Å². The lowest BCUT2D eigenvalue weighted by atomic mass is 9.56. The molecule has 0 heterocycles. The molecule has 0 aliphatic heterocycles. The minimum atomic E-state index is -0.154. The topological polar surface area (TPSA) is 29.5 Å². The predicted molar refractivity (Wildman–Crippen MR) is 81.2 cm³/mol. The zero-order valence-corrected chi connectivity index (χ0v) is 12.9. The molecule has 0 aromatic heterocycles. The molecule has 1 spiro atoms. The molecule has 0 saturated heterocycles. The summed E-state index contributed by atoms with van der Waals surface area (Å²) in [6.07, 6.45) is 6.89. The molecule has 2 fully saturated rings. The third-order valence-corrected chi connectivity index (χ3v) is 5.56. The molecule has 20 heavy (non-hydrogen) atoms. The molecular formula is C18H26O2. The molecule has 2 aliphatic rings. The molecule has 0 bridgehead atoms. The van der Waals surface area contributed by atoms with Crippen molar-refractivity contribution in [2.24, 2.45) is 5.41 Å². The van der Waals surface area contributed by atoms with Crippen LogP contribution in [0.15, 0.2) is 12.1 Å². The van der Waals surface area contributed by atoms with Gasteiger partial charge in [0.1, 0.15) is 11.9 Å². The van der Waals surface area contributed by atoms with Crippen molar-refractivity contribution in [3.05, 3.63) is 28.8 Å². The summed E-state index contributed by atoms with van der Waals surface area (Å²) in [4.78, 5) is 0. The highest BCUT2D eigenvalue weighted by atomic mass is 16.5. The summed E-state index contributed by atoms with van der Waals surface area (Å²) in [5.74, 6) is 1.02. The van der Waals surface area contributed by atoms with Gasteiger partial charge in [0, 0.05) is 11.8 Å². The molecule has 1 N–H and O–H groups in total. The molecule has 110 valence electrons. The smallest absolute Gasteiger partial charge is 0.123 e. The highest BCUT2D eigenvalue weighted by molar-refractivity contribution is 5.42. The Morgan fingerprint density at radius 3 is 2.45 bits per heavy atom. The van der Waals surface area contributed by atoms with Crippen LogP contribution >= 0.6 is 0 Å². The molecule has 0 radical (unpaired) electrons. The summed E-state index contributed by atoms with van der Waals surface area (Å²) in [5.41, 5.74) is 3.82. The van der Waals surface area contributed by atoms with Crippen LogP contribution in [-0.2, 0) is 0 Å². The van der Waals surface area contributed by atoms with Crippen LogP contribution in [-0.4, -0.2) is 17.3 Å². The van der Waals surface area contributed by atoms with E-state index in [1.807, 2.05) is 0 Å². The lowest BCUT2D eigenvalue weighted by Gasteiger charge is -2.55. The fraction of sp³-hybridized carbons (Fsp3) is 0.667. The maximum atomic E-state index is 10.3. The van der Waals surface area contributed by atoms with Crippen LogP contribution in [0.2, 0.25) is 0 Å².